The van der Waals surface area contributed by atoms with Gasteiger partial charge in [-0.1, -0.05) is 34.6 Å². The Morgan fingerprint density at radius 2 is 1.81 bits per heavy atom. The van der Waals surface area contributed by atoms with Crippen molar-refractivity contribution < 1.29 is 0 Å². The Labute approximate surface area is 129 Å². The van der Waals surface area contributed by atoms with Gasteiger partial charge in [0.05, 0.1) is 0 Å². The molecule has 1 aromatic heterocycles. The number of anilines is 2. The van der Waals surface area contributed by atoms with E-state index >= 15 is 0 Å². The maximum atomic E-state index is 4.91. The Morgan fingerprint density at radius 1 is 1.14 bits per heavy atom. The average Bonchev–Trinajstić information content (AvgIpc) is 2.41. The van der Waals surface area contributed by atoms with E-state index in [0.29, 0.717) is 5.92 Å². The predicted molar refractivity (Wildman–Crippen MR) is 90.2 cm³/mol. The summed E-state index contributed by atoms with van der Waals surface area (Å²) in [5, 5.41) is 3.23. The fraction of sp³-hybridized carbons (Fsp3) is 0.765. The van der Waals surface area contributed by atoms with Crippen LogP contribution in [0.15, 0.2) is 0 Å². The van der Waals surface area contributed by atoms with E-state index in [-0.39, 0.29) is 5.41 Å². The van der Waals surface area contributed by atoms with E-state index in [1.807, 2.05) is 7.05 Å². The van der Waals surface area contributed by atoms with Crippen LogP contribution in [0.1, 0.15) is 52.4 Å². The summed E-state index contributed by atoms with van der Waals surface area (Å²) >= 11 is 0. The van der Waals surface area contributed by atoms with Crippen molar-refractivity contribution in [2.45, 2.75) is 53.4 Å². The molecule has 0 aliphatic carbocycles. The van der Waals surface area contributed by atoms with Crippen LogP contribution < -0.4 is 10.2 Å². The number of hydrogen-bond donors (Lipinski definition) is 1. The minimum atomic E-state index is -0.0389. The molecule has 1 aliphatic rings. The van der Waals surface area contributed by atoms with Gasteiger partial charge in [-0.05, 0) is 25.2 Å². The molecule has 0 saturated carbocycles. The molecule has 2 atom stereocenters. The minimum absolute atomic E-state index is 0.0389. The zero-order valence-corrected chi connectivity index (χ0v) is 14.6. The monoisotopic (exact) mass is 290 g/mol. The molecule has 0 bridgehead atoms. The first kappa shape index (κ1) is 16.1. The van der Waals surface area contributed by atoms with E-state index in [1.165, 1.54) is 6.42 Å². The van der Waals surface area contributed by atoms with Gasteiger partial charge in [-0.3, -0.25) is 0 Å². The zero-order chi connectivity index (χ0) is 15.8. The lowest BCUT2D eigenvalue weighted by atomic mass is 9.88. The SMILES string of the molecule is CNc1nc(C(C)(C)C)nc(N2CCC(C)C(C)C2)c1C. The van der Waals surface area contributed by atoms with Crippen molar-refractivity contribution in [3.63, 3.8) is 0 Å². The summed E-state index contributed by atoms with van der Waals surface area (Å²) < 4.78 is 0. The highest BCUT2D eigenvalue weighted by molar-refractivity contribution is 5.59. The second kappa shape index (κ2) is 5.82. The van der Waals surface area contributed by atoms with Crippen LogP contribution in [-0.4, -0.2) is 30.1 Å². The van der Waals surface area contributed by atoms with E-state index in [4.69, 9.17) is 9.97 Å². The van der Waals surface area contributed by atoms with Gasteiger partial charge in [-0.25, -0.2) is 9.97 Å². The van der Waals surface area contributed by atoms with Crippen LogP contribution in [0.2, 0.25) is 0 Å². The Hall–Kier alpha value is -1.32. The quantitative estimate of drug-likeness (QED) is 0.903. The van der Waals surface area contributed by atoms with Gasteiger partial charge in [0.1, 0.15) is 17.5 Å². The van der Waals surface area contributed by atoms with E-state index in [1.54, 1.807) is 0 Å². The van der Waals surface area contributed by atoms with Gasteiger partial charge in [-0.15, -0.1) is 0 Å². The Kier molecular flexibility index (Phi) is 4.45. The molecular weight excluding hydrogens is 260 g/mol. The van der Waals surface area contributed by atoms with Gasteiger partial charge in [0, 0.05) is 31.1 Å². The van der Waals surface area contributed by atoms with Crippen LogP contribution in [0.5, 0.6) is 0 Å². The second-order valence-corrected chi connectivity index (χ2v) is 7.53. The van der Waals surface area contributed by atoms with Crippen LogP contribution >= 0.6 is 0 Å². The van der Waals surface area contributed by atoms with Crippen molar-refractivity contribution in [1.29, 1.82) is 0 Å². The fourth-order valence-electron chi connectivity index (χ4n) is 2.85. The van der Waals surface area contributed by atoms with Crippen molar-refractivity contribution in [2.75, 3.05) is 30.4 Å². The zero-order valence-electron chi connectivity index (χ0n) is 14.6. The van der Waals surface area contributed by atoms with Crippen LogP contribution in [-0.2, 0) is 5.41 Å². The molecular formula is C17H30N4. The van der Waals surface area contributed by atoms with Crippen molar-refractivity contribution in [3.8, 4) is 0 Å². The molecule has 0 amide bonds. The third-order valence-electron chi connectivity index (χ3n) is 4.66. The van der Waals surface area contributed by atoms with Crippen LogP contribution in [0, 0.1) is 18.8 Å². The summed E-state index contributed by atoms with van der Waals surface area (Å²) in [5.41, 5.74) is 1.12. The van der Waals surface area contributed by atoms with E-state index in [0.717, 1.165) is 42.0 Å². The fourth-order valence-corrected chi connectivity index (χ4v) is 2.85. The molecule has 4 heteroatoms. The van der Waals surface area contributed by atoms with Crippen LogP contribution in [0.25, 0.3) is 0 Å². The number of nitrogens with one attached hydrogen (secondary N) is 1. The number of nitrogens with zero attached hydrogens (tertiary/aromatic N) is 3. The third kappa shape index (κ3) is 3.30. The van der Waals surface area contributed by atoms with Crippen LogP contribution in [0.4, 0.5) is 11.6 Å². The Morgan fingerprint density at radius 3 is 2.33 bits per heavy atom. The summed E-state index contributed by atoms with van der Waals surface area (Å²) in [6, 6.07) is 0. The number of piperidine rings is 1. The molecule has 2 heterocycles. The summed E-state index contributed by atoms with van der Waals surface area (Å²) in [6.45, 7) is 15.5. The molecule has 1 N–H and O–H groups in total. The van der Waals surface area contributed by atoms with E-state index in [2.05, 4.69) is 51.8 Å². The van der Waals surface area contributed by atoms with Gasteiger partial charge in [0.15, 0.2) is 0 Å². The van der Waals surface area contributed by atoms with Gasteiger partial charge in [0.25, 0.3) is 0 Å². The van der Waals surface area contributed by atoms with Gasteiger partial charge < -0.3 is 10.2 Å². The molecule has 1 fully saturated rings. The lowest BCUT2D eigenvalue weighted by Crippen LogP contribution is -2.39. The molecule has 0 radical (unpaired) electrons. The number of aromatic nitrogens is 2. The first-order valence-electron chi connectivity index (χ1n) is 8.06. The molecule has 21 heavy (non-hydrogen) atoms. The summed E-state index contributed by atoms with van der Waals surface area (Å²) in [4.78, 5) is 12.1. The van der Waals surface area contributed by atoms with Gasteiger partial charge in [-0.2, -0.15) is 0 Å². The van der Waals surface area contributed by atoms with Gasteiger partial charge >= 0.3 is 0 Å². The molecule has 1 aromatic rings. The summed E-state index contributed by atoms with van der Waals surface area (Å²) in [7, 11) is 1.94. The molecule has 4 nitrogen and oxygen atoms in total. The van der Waals surface area contributed by atoms with Crippen molar-refractivity contribution in [1.82, 2.24) is 9.97 Å². The lowest BCUT2D eigenvalue weighted by molar-refractivity contribution is 0.322. The maximum absolute atomic E-state index is 4.91. The number of rotatable bonds is 2. The van der Waals surface area contributed by atoms with Crippen molar-refractivity contribution >= 4 is 11.6 Å². The average molecular weight is 290 g/mol. The highest BCUT2D eigenvalue weighted by atomic mass is 15.2. The van der Waals surface area contributed by atoms with E-state index < -0.39 is 0 Å². The summed E-state index contributed by atoms with van der Waals surface area (Å²) in [5.74, 6) is 4.49. The normalized spacial score (nSPS) is 23.3. The molecule has 1 saturated heterocycles. The maximum Gasteiger partial charge on any atom is 0.138 e. The number of hydrogen-bond acceptors (Lipinski definition) is 4. The van der Waals surface area contributed by atoms with Crippen molar-refractivity contribution in [2.24, 2.45) is 11.8 Å². The molecule has 118 valence electrons. The Balaban J connectivity index is 2.42. The van der Waals surface area contributed by atoms with Gasteiger partial charge in [0.2, 0.25) is 0 Å². The van der Waals surface area contributed by atoms with Crippen molar-refractivity contribution in [3.05, 3.63) is 11.4 Å². The van der Waals surface area contributed by atoms with Crippen LogP contribution in [0.3, 0.4) is 0 Å². The largest absolute Gasteiger partial charge is 0.373 e. The Bertz CT molecular complexity index is 504. The molecule has 2 unspecified atom stereocenters. The first-order valence-corrected chi connectivity index (χ1v) is 8.06. The highest BCUT2D eigenvalue weighted by Gasteiger charge is 2.27. The van der Waals surface area contributed by atoms with E-state index in [9.17, 15) is 0 Å². The highest BCUT2D eigenvalue weighted by Crippen LogP contribution is 2.32. The molecule has 1 aliphatic heterocycles. The topological polar surface area (TPSA) is 41.1 Å². The minimum Gasteiger partial charge on any atom is -0.373 e. The predicted octanol–water partition coefficient (Wildman–Crippen LogP) is 3.61. The second-order valence-electron chi connectivity index (χ2n) is 7.53. The summed E-state index contributed by atoms with van der Waals surface area (Å²) in [6.07, 6.45) is 1.24. The molecule has 0 aromatic carbocycles. The molecule has 0 spiro atoms. The lowest BCUT2D eigenvalue weighted by Gasteiger charge is -2.37. The first-order chi connectivity index (χ1) is 9.74. The smallest absolute Gasteiger partial charge is 0.138 e. The standard InChI is InChI=1S/C17H30N4/c1-11-8-9-21(10-12(11)2)15-13(3)14(18-7)19-16(20-15)17(4,5)6/h11-12H,8-10H2,1-7H3,(H,18,19,20). The molecule has 2 rings (SSSR count). The third-order valence-corrected chi connectivity index (χ3v) is 4.66.